The van der Waals surface area contributed by atoms with Gasteiger partial charge in [0.1, 0.15) is 11.9 Å². The van der Waals surface area contributed by atoms with Crippen molar-refractivity contribution in [2.45, 2.75) is 19.5 Å². The van der Waals surface area contributed by atoms with Gasteiger partial charge in [0.05, 0.1) is 10.6 Å². The molecule has 1 unspecified atom stereocenters. The van der Waals surface area contributed by atoms with Gasteiger partial charge in [0.2, 0.25) is 0 Å². The van der Waals surface area contributed by atoms with Gasteiger partial charge in [-0.2, -0.15) is 11.8 Å². The van der Waals surface area contributed by atoms with E-state index in [1.54, 1.807) is 0 Å². The number of benzene rings is 1. The van der Waals surface area contributed by atoms with Crippen LogP contribution in [-0.2, 0) is 11.3 Å². The molecule has 1 aromatic heterocycles. The molecule has 2 rings (SSSR count). The van der Waals surface area contributed by atoms with Crippen LogP contribution in [0.1, 0.15) is 13.0 Å². The lowest BCUT2D eigenvalue weighted by molar-refractivity contribution is -0.140. The van der Waals surface area contributed by atoms with E-state index in [0.717, 1.165) is 21.4 Å². The first kappa shape index (κ1) is 19.3. The Hall–Kier alpha value is -2.06. The molecule has 134 valence electrons. The molecule has 0 spiro atoms. The van der Waals surface area contributed by atoms with Gasteiger partial charge in [-0.05, 0) is 19.2 Å². The van der Waals surface area contributed by atoms with E-state index in [0.29, 0.717) is 5.75 Å². The van der Waals surface area contributed by atoms with Gasteiger partial charge in [-0.25, -0.2) is 14.0 Å². The van der Waals surface area contributed by atoms with Crippen molar-refractivity contribution in [1.82, 2.24) is 9.13 Å². The number of hydrogen-bond donors (Lipinski definition) is 1. The Balaban J connectivity index is 2.81. The Morgan fingerprint density at radius 2 is 2.04 bits per heavy atom. The minimum absolute atomic E-state index is 0.0293. The van der Waals surface area contributed by atoms with E-state index in [9.17, 15) is 23.9 Å². The first-order valence-electron chi connectivity index (χ1n) is 7.31. The maximum absolute atomic E-state index is 13.8. The number of halogens is 2. The molecule has 0 fully saturated rings. The SMILES string of the molecule is CSCCn1c(=O)c(-c2cccc(F)c2Cl)cn(C(C)C(=O)O)c1=O. The van der Waals surface area contributed by atoms with Crippen molar-refractivity contribution in [1.29, 1.82) is 0 Å². The molecule has 0 saturated carbocycles. The van der Waals surface area contributed by atoms with E-state index >= 15 is 0 Å². The second kappa shape index (κ2) is 7.88. The van der Waals surface area contributed by atoms with Crippen LogP contribution in [0.15, 0.2) is 34.0 Å². The average molecular weight is 387 g/mol. The lowest BCUT2D eigenvalue weighted by Gasteiger charge is -2.16. The number of carboxylic acid groups (broad SMARTS) is 1. The highest BCUT2D eigenvalue weighted by Gasteiger charge is 2.21. The molecule has 0 radical (unpaired) electrons. The van der Waals surface area contributed by atoms with E-state index in [1.165, 1.54) is 30.8 Å². The average Bonchev–Trinajstić information content (AvgIpc) is 2.57. The van der Waals surface area contributed by atoms with Crippen LogP contribution in [0.4, 0.5) is 4.39 Å². The summed E-state index contributed by atoms with van der Waals surface area (Å²) < 4.78 is 15.7. The highest BCUT2D eigenvalue weighted by molar-refractivity contribution is 7.98. The minimum atomic E-state index is -1.23. The number of hydrogen-bond acceptors (Lipinski definition) is 4. The molecule has 1 atom stereocenters. The molecule has 25 heavy (non-hydrogen) atoms. The van der Waals surface area contributed by atoms with Crippen molar-refractivity contribution in [2.24, 2.45) is 0 Å². The Kier molecular flexibility index (Phi) is 6.07. The molecule has 1 heterocycles. The summed E-state index contributed by atoms with van der Waals surface area (Å²) in [6, 6.07) is 2.79. The zero-order valence-corrected chi connectivity index (χ0v) is 15.1. The summed E-state index contributed by atoms with van der Waals surface area (Å²) in [5.41, 5.74) is -1.29. The van der Waals surface area contributed by atoms with Crippen LogP contribution in [-0.4, -0.2) is 32.2 Å². The summed E-state index contributed by atoms with van der Waals surface area (Å²) in [5.74, 6) is -1.46. The fourth-order valence-electron chi connectivity index (χ4n) is 2.29. The number of carbonyl (C=O) groups is 1. The maximum atomic E-state index is 13.8. The topological polar surface area (TPSA) is 81.3 Å². The van der Waals surface area contributed by atoms with Gasteiger partial charge < -0.3 is 5.11 Å². The molecule has 0 bridgehead atoms. The minimum Gasteiger partial charge on any atom is -0.480 e. The van der Waals surface area contributed by atoms with Gasteiger partial charge in [-0.3, -0.25) is 13.9 Å². The zero-order valence-electron chi connectivity index (χ0n) is 13.5. The first-order chi connectivity index (χ1) is 11.8. The zero-order chi connectivity index (χ0) is 18.7. The number of aromatic nitrogens is 2. The molecule has 0 aliphatic heterocycles. The van der Waals surface area contributed by atoms with Crippen LogP contribution >= 0.6 is 23.4 Å². The Bertz CT molecular complexity index is 925. The predicted octanol–water partition coefficient (Wildman–Crippen LogP) is 2.48. The maximum Gasteiger partial charge on any atom is 0.331 e. The van der Waals surface area contributed by atoms with Gasteiger partial charge in [-0.15, -0.1) is 0 Å². The lowest BCUT2D eigenvalue weighted by atomic mass is 10.1. The van der Waals surface area contributed by atoms with Crippen molar-refractivity contribution in [3.63, 3.8) is 0 Å². The molecule has 0 aliphatic rings. The van der Waals surface area contributed by atoms with E-state index < -0.39 is 29.1 Å². The monoisotopic (exact) mass is 386 g/mol. The third-order valence-corrected chi connectivity index (χ3v) is 4.71. The Morgan fingerprint density at radius 1 is 1.36 bits per heavy atom. The molecular formula is C16H16ClFN2O4S. The Labute approximate surface area is 151 Å². The summed E-state index contributed by atoms with van der Waals surface area (Å²) in [4.78, 5) is 36.5. The van der Waals surface area contributed by atoms with Crippen LogP contribution in [0.2, 0.25) is 5.02 Å². The smallest absolute Gasteiger partial charge is 0.331 e. The van der Waals surface area contributed by atoms with Crippen LogP contribution in [0.3, 0.4) is 0 Å². The number of thioether (sulfide) groups is 1. The molecule has 0 amide bonds. The van der Waals surface area contributed by atoms with Gasteiger partial charge in [0.15, 0.2) is 0 Å². The predicted molar refractivity (Wildman–Crippen MR) is 96.1 cm³/mol. The van der Waals surface area contributed by atoms with Crippen molar-refractivity contribution in [3.8, 4) is 11.1 Å². The normalized spacial score (nSPS) is 12.2. The molecule has 0 saturated heterocycles. The summed E-state index contributed by atoms with van der Waals surface area (Å²) in [6.07, 6.45) is 2.94. The van der Waals surface area contributed by atoms with Crippen molar-refractivity contribution in [2.75, 3.05) is 12.0 Å². The van der Waals surface area contributed by atoms with Crippen LogP contribution < -0.4 is 11.2 Å². The third kappa shape index (κ3) is 3.80. The lowest BCUT2D eigenvalue weighted by Crippen LogP contribution is -2.43. The molecule has 9 heteroatoms. The fraction of sp³-hybridized carbons (Fsp3) is 0.312. The Morgan fingerprint density at radius 3 is 2.64 bits per heavy atom. The van der Waals surface area contributed by atoms with E-state index in [2.05, 4.69) is 0 Å². The molecule has 0 aliphatic carbocycles. The second-order valence-corrected chi connectivity index (χ2v) is 6.66. The fourth-order valence-corrected chi connectivity index (χ4v) is 2.89. The number of carboxylic acids is 1. The van der Waals surface area contributed by atoms with Gasteiger partial charge in [0.25, 0.3) is 5.56 Å². The summed E-state index contributed by atoms with van der Waals surface area (Å²) in [5, 5.41) is 8.96. The largest absolute Gasteiger partial charge is 0.480 e. The number of aliphatic carboxylic acids is 1. The molecule has 1 N–H and O–H groups in total. The highest BCUT2D eigenvalue weighted by atomic mass is 35.5. The first-order valence-corrected chi connectivity index (χ1v) is 9.08. The second-order valence-electron chi connectivity index (χ2n) is 5.30. The molecule has 1 aromatic carbocycles. The summed E-state index contributed by atoms with van der Waals surface area (Å²) in [6.45, 7) is 1.43. The van der Waals surface area contributed by atoms with Crippen LogP contribution in [0.5, 0.6) is 0 Å². The van der Waals surface area contributed by atoms with E-state index in [4.69, 9.17) is 11.6 Å². The van der Waals surface area contributed by atoms with Crippen LogP contribution in [0, 0.1) is 5.82 Å². The summed E-state index contributed by atoms with van der Waals surface area (Å²) in [7, 11) is 0. The van der Waals surface area contributed by atoms with E-state index in [1.807, 2.05) is 6.26 Å². The highest BCUT2D eigenvalue weighted by Crippen LogP contribution is 2.27. The standard InChI is InChI=1S/C16H16ClFN2O4S/c1-9(15(22)23)20-8-11(10-4-3-5-12(18)13(10)17)14(21)19(16(20)24)6-7-25-2/h3-5,8-9H,6-7H2,1-2H3,(H,22,23). The molecule has 2 aromatic rings. The van der Waals surface area contributed by atoms with Crippen molar-refractivity contribution < 1.29 is 14.3 Å². The van der Waals surface area contributed by atoms with Gasteiger partial charge in [-0.1, -0.05) is 23.7 Å². The number of rotatable bonds is 6. The van der Waals surface area contributed by atoms with E-state index in [-0.39, 0.29) is 22.7 Å². The third-order valence-electron chi connectivity index (χ3n) is 3.73. The molecule has 6 nitrogen and oxygen atoms in total. The number of nitrogens with zero attached hydrogens (tertiary/aromatic N) is 2. The van der Waals surface area contributed by atoms with Crippen LogP contribution in [0.25, 0.3) is 11.1 Å². The van der Waals surface area contributed by atoms with Gasteiger partial charge in [0, 0.05) is 24.1 Å². The van der Waals surface area contributed by atoms with Crippen molar-refractivity contribution in [3.05, 3.63) is 56.1 Å². The van der Waals surface area contributed by atoms with Gasteiger partial charge >= 0.3 is 11.7 Å². The summed E-state index contributed by atoms with van der Waals surface area (Å²) >= 11 is 7.39. The quantitative estimate of drug-likeness (QED) is 0.824. The van der Waals surface area contributed by atoms with Crippen molar-refractivity contribution >= 4 is 29.3 Å². The molecular weight excluding hydrogens is 371 g/mol.